The Morgan fingerprint density at radius 2 is 2.40 bits per heavy atom. The second kappa shape index (κ2) is 5.70. The average Bonchev–Trinajstić information content (AvgIpc) is 3.10. The summed E-state index contributed by atoms with van der Waals surface area (Å²) in [6, 6.07) is 0.176. The molecule has 0 spiro atoms. The lowest BCUT2D eigenvalue weighted by Crippen LogP contribution is -2.38. The quantitative estimate of drug-likeness (QED) is 0.841. The second-order valence-corrected chi connectivity index (χ2v) is 5.48. The van der Waals surface area contributed by atoms with Gasteiger partial charge in [0.1, 0.15) is 12.7 Å². The summed E-state index contributed by atoms with van der Waals surface area (Å²) < 4.78 is 7.20. The molecule has 0 amide bonds. The van der Waals surface area contributed by atoms with Gasteiger partial charge < -0.3 is 4.52 Å². The van der Waals surface area contributed by atoms with E-state index in [0.29, 0.717) is 17.6 Å². The summed E-state index contributed by atoms with van der Waals surface area (Å²) in [5.41, 5.74) is 0. The van der Waals surface area contributed by atoms with Crippen molar-refractivity contribution < 1.29 is 4.52 Å². The highest BCUT2D eigenvalue weighted by Gasteiger charge is 2.27. The van der Waals surface area contributed by atoms with Crippen LogP contribution in [0.25, 0.3) is 0 Å². The number of aromatic nitrogens is 5. The van der Waals surface area contributed by atoms with Gasteiger partial charge in [-0.2, -0.15) is 10.1 Å². The molecule has 3 rings (SSSR count). The summed E-state index contributed by atoms with van der Waals surface area (Å²) in [4.78, 5) is 10.8. The molecule has 0 unspecified atom stereocenters. The van der Waals surface area contributed by atoms with Crippen molar-refractivity contribution in [2.45, 2.75) is 39.3 Å². The highest BCUT2D eigenvalue weighted by atomic mass is 16.5. The highest BCUT2D eigenvalue weighted by molar-refractivity contribution is 4.92. The third-order valence-electron chi connectivity index (χ3n) is 3.91. The van der Waals surface area contributed by atoms with Crippen molar-refractivity contribution in [3.63, 3.8) is 0 Å². The topological polar surface area (TPSA) is 72.9 Å². The predicted octanol–water partition coefficient (Wildman–Crippen LogP) is 1.44. The first-order valence-electron chi connectivity index (χ1n) is 7.09. The largest absolute Gasteiger partial charge is 0.338 e. The molecular weight excluding hydrogens is 256 g/mol. The van der Waals surface area contributed by atoms with Gasteiger partial charge in [-0.3, -0.25) is 9.58 Å². The Bertz CT molecular complexity index is 537. The van der Waals surface area contributed by atoms with Crippen molar-refractivity contribution >= 4 is 0 Å². The molecule has 0 aromatic carbocycles. The normalized spacial score (nSPS) is 22.0. The first kappa shape index (κ1) is 13.2. The monoisotopic (exact) mass is 276 g/mol. The van der Waals surface area contributed by atoms with E-state index in [-0.39, 0.29) is 6.04 Å². The highest BCUT2D eigenvalue weighted by Crippen LogP contribution is 2.26. The van der Waals surface area contributed by atoms with Crippen LogP contribution in [-0.2, 0) is 6.54 Å². The molecule has 20 heavy (non-hydrogen) atoms. The van der Waals surface area contributed by atoms with Crippen LogP contribution in [0.5, 0.6) is 0 Å². The van der Waals surface area contributed by atoms with Crippen LogP contribution < -0.4 is 0 Å². The molecule has 1 aliphatic heterocycles. The van der Waals surface area contributed by atoms with Crippen LogP contribution in [0.1, 0.15) is 37.5 Å². The van der Waals surface area contributed by atoms with Crippen LogP contribution in [0.2, 0.25) is 0 Å². The Balaban J connectivity index is 1.62. The van der Waals surface area contributed by atoms with Crippen LogP contribution in [0.3, 0.4) is 0 Å². The first-order valence-corrected chi connectivity index (χ1v) is 7.09. The molecule has 0 saturated carbocycles. The number of hydrogen-bond acceptors (Lipinski definition) is 6. The summed E-state index contributed by atoms with van der Waals surface area (Å²) in [5.74, 6) is 2.00. The zero-order valence-electron chi connectivity index (χ0n) is 11.9. The molecule has 7 heteroatoms. The molecule has 0 aliphatic carbocycles. The molecule has 3 heterocycles. The molecule has 1 fully saturated rings. The van der Waals surface area contributed by atoms with E-state index in [1.807, 2.05) is 11.6 Å². The minimum atomic E-state index is 0.176. The van der Waals surface area contributed by atoms with E-state index >= 15 is 0 Å². The summed E-state index contributed by atoms with van der Waals surface area (Å²) >= 11 is 0. The fourth-order valence-corrected chi connectivity index (χ4v) is 2.83. The smallest absolute Gasteiger partial charge is 0.243 e. The van der Waals surface area contributed by atoms with Crippen LogP contribution >= 0.6 is 0 Å². The minimum absolute atomic E-state index is 0.176. The van der Waals surface area contributed by atoms with Crippen molar-refractivity contribution in [2.75, 3.05) is 13.1 Å². The molecule has 0 bridgehead atoms. The molecule has 1 saturated heterocycles. The van der Waals surface area contributed by atoms with Crippen LogP contribution in [0.4, 0.5) is 0 Å². The molecule has 2 aromatic heterocycles. The molecule has 0 N–H and O–H groups in total. The molecule has 1 aliphatic rings. The summed E-state index contributed by atoms with van der Waals surface area (Å²) in [7, 11) is 0. The second-order valence-electron chi connectivity index (χ2n) is 5.48. The number of hydrogen-bond donors (Lipinski definition) is 0. The third kappa shape index (κ3) is 2.87. The van der Waals surface area contributed by atoms with E-state index in [0.717, 1.165) is 19.6 Å². The van der Waals surface area contributed by atoms with Crippen LogP contribution in [0, 0.1) is 12.8 Å². The SMILES string of the molecule is Cc1noc([C@@H](C)N2CCC[C@H](Cn3cncn3)C2)n1. The van der Waals surface area contributed by atoms with Crippen LogP contribution in [-0.4, -0.2) is 42.9 Å². The lowest BCUT2D eigenvalue weighted by Gasteiger charge is -2.35. The summed E-state index contributed by atoms with van der Waals surface area (Å²) in [5, 5.41) is 8.07. The number of rotatable bonds is 4. The van der Waals surface area contributed by atoms with E-state index < -0.39 is 0 Å². The van der Waals surface area contributed by atoms with Gasteiger partial charge in [0.25, 0.3) is 0 Å². The molecular formula is C13H20N6O. The van der Waals surface area contributed by atoms with Gasteiger partial charge in [-0.05, 0) is 39.2 Å². The standard InChI is InChI=1S/C13H20N6O/c1-10(13-16-11(2)17-20-13)18-5-3-4-12(6-18)7-19-9-14-8-15-19/h8-10,12H,3-7H2,1-2H3/t10-,12+/m1/s1. The van der Waals surface area contributed by atoms with Crippen molar-refractivity contribution in [3.8, 4) is 0 Å². The molecule has 2 atom stereocenters. The lowest BCUT2D eigenvalue weighted by atomic mass is 9.97. The van der Waals surface area contributed by atoms with Crippen molar-refractivity contribution in [1.82, 2.24) is 29.8 Å². The van der Waals surface area contributed by atoms with Gasteiger partial charge in [0, 0.05) is 13.1 Å². The molecule has 108 valence electrons. The van der Waals surface area contributed by atoms with Gasteiger partial charge in [0.15, 0.2) is 5.82 Å². The number of likely N-dealkylation sites (tertiary alicyclic amines) is 1. The van der Waals surface area contributed by atoms with Gasteiger partial charge in [-0.25, -0.2) is 4.98 Å². The van der Waals surface area contributed by atoms with E-state index in [9.17, 15) is 0 Å². The van der Waals surface area contributed by atoms with Gasteiger partial charge in [-0.1, -0.05) is 5.16 Å². The Labute approximate surface area is 118 Å². The van der Waals surface area contributed by atoms with Crippen molar-refractivity contribution in [3.05, 3.63) is 24.4 Å². The van der Waals surface area contributed by atoms with Gasteiger partial charge in [0.2, 0.25) is 5.89 Å². The Morgan fingerprint density at radius 3 is 3.10 bits per heavy atom. The Kier molecular flexibility index (Phi) is 3.77. The first-order chi connectivity index (χ1) is 9.72. The van der Waals surface area contributed by atoms with Crippen LogP contribution in [0.15, 0.2) is 17.2 Å². The number of nitrogens with zero attached hydrogens (tertiary/aromatic N) is 6. The van der Waals surface area contributed by atoms with E-state index in [4.69, 9.17) is 4.52 Å². The molecule has 2 aromatic rings. The zero-order valence-corrected chi connectivity index (χ0v) is 11.9. The van der Waals surface area contributed by atoms with Crippen molar-refractivity contribution in [1.29, 1.82) is 0 Å². The number of piperidine rings is 1. The van der Waals surface area contributed by atoms with Gasteiger partial charge >= 0.3 is 0 Å². The lowest BCUT2D eigenvalue weighted by molar-refractivity contribution is 0.102. The summed E-state index contributed by atoms with van der Waals surface area (Å²) in [6.07, 6.45) is 5.79. The van der Waals surface area contributed by atoms with Gasteiger partial charge in [0.05, 0.1) is 6.04 Å². The van der Waals surface area contributed by atoms with E-state index in [1.54, 1.807) is 12.7 Å². The van der Waals surface area contributed by atoms with Crippen molar-refractivity contribution in [2.24, 2.45) is 5.92 Å². The maximum absolute atomic E-state index is 5.29. The molecule has 0 radical (unpaired) electrons. The van der Waals surface area contributed by atoms with E-state index in [2.05, 4.69) is 32.0 Å². The van der Waals surface area contributed by atoms with Gasteiger partial charge in [-0.15, -0.1) is 0 Å². The fourth-order valence-electron chi connectivity index (χ4n) is 2.83. The Morgan fingerprint density at radius 1 is 1.50 bits per heavy atom. The Hall–Kier alpha value is -1.76. The maximum Gasteiger partial charge on any atom is 0.243 e. The maximum atomic E-state index is 5.29. The average molecular weight is 276 g/mol. The summed E-state index contributed by atoms with van der Waals surface area (Å²) in [6.45, 7) is 7.01. The van der Waals surface area contributed by atoms with E-state index in [1.165, 1.54) is 12.8 Å². The predicted molar refractivity (Wildman–Crippen MR) is 71.8 cm³/mol. The number of aryl methyl sites for hydroxylation is 1. The molecule has 7 nitrogen and oxygen atoms in total. The zero-order chi connectivity index (χ0) is 13.9. The fraction of sp³-hybridized carbons (Fsp3) is 0.692. The minimum Gasteiger partial charge on any atom is -0.338 e. The third-order valence-corrected chi connectivity index (χ3v) is 3.91.